The molecule has 1 nitrogen and oxygen atoms in total. The normalized spacial score (nSPS) is 7.09. The molecule has 0 saturated heterocycles. The Kier molecular flexibility index (Phi) is 11.1. The maximum absolute atomic E-state index is 5.36. The number of anilines is 1. The van der Waals surface area contributed by atoms with Crippen molar-refractivity contribution in [2.75, 3.05) is 5.73 Å². The van der Waals surface area contributed by atoms with E-state index in [4.69, 9.17) is 5.73 Å². The van der Waals surface area contributed by atoms with Crippen molar-refractivity contribution in [3.8, 4) is 0 Å². The van der Waals surface area contributed by atoms with Crippen LogP contribution in [0.15, 0.2) is 30.3 Å². The molecule has 0 aliphatic rings. The number of benzene rings is 1. The lowest BCUT2D eigenvalue weighted by Gasteiger charge is -1.83. The Morgan fingerprint density at radius 3 is 1.64 bits per heavy atom. The second-order valence-corrected chi connectivity index (χ2v) is 2.12. The molecule has 0 aliphatic carbocycles. The highest BCUT2D eigenvalue weighted by Gasteiger charge is 1.72. The van der Waals surface area contributed by atoms with Crippen molar-refractivity contribution >= 4 is 19.2 Å². The van der Waals surface area contributed by atoms with Gasteiger partial charge in [-0.2, -0.15) is 13.5 Å². The van der Waals surface area contributed by atoms with E-state index in [1.165, 1.54) is 6.42 Å². The van der Waals surface area contributed by atoms with Crippen molar-refractivity contribution < 1.29 is 0 Å². The molecule has 1 aromatic carbocycles. The zero-order valence-corrected chi connectivity index (χ0v) is 8.17. The molecule has 64 valence electrons. The minimum Gasteiger partial charge on any atom is -0.399 e. The van der Waals surface area contributed by atoms with Gasteiger partial charge in [-0.1, -0.05) is 38.5 Å². The first-order valence-corrected chi connectivity index (χ1v) is 3.61. The molecule has 0 fully saturated rings. The van der Waals surface area contributed by atoms with Crippen LogP contribution >= 0.6 is 13.5 Å². The van der Waals surface area contributed by atoms with Crippen LogP contribution in [0.5, 0.6) is 0 Å². The first-order chi connectivity index (χ1) is 4.81. The summed E-state index contributed by atoms with van der Waals surface area (Å²) < 4.78 is 0. The third kappa shape index (κ3) is 9.37. The molecule has 1 rings (SSSR count). The quantitative estimate of drug-likeness (QED) is 0.597. The summed E-state index contributed by atoms with van der Waals surface area (Å²) in [6.07, 6.45) is 1.25. The van der Waals surface area contributed by atoms with Gasteiger partial charge < -0.3 is 5.73 Å². The molecule has 0 aliphatic heterocycles. The van der Waals surface area contributed by atoms with Crippen molar-refractivity contribution in [3.05, 3.63) is 30.3 Å². The van der Waals surface area contributed by atoms with Gasteiger partial charge >= 0.3 is 0 Å². The monoisotopic (exact) mass is 171 g/mol. The Morgan fingerprint density at radius 2 is 1.45 bits per heavy atom. The SMILES string of the molecule is CCC.Nc1ccccc1.S. The van der Waals surface area contributed by atoms with E-state index in [2.05, 4.69) is 13.8 Å². The maximum Gasteiger partial charge on any atom is 0.0313 e. The molecule has 0 radical (unpaired) electrons. The van der Waals surface area contributed by atoms with Crippen LogP contribution in [0.1, 0.15) is 20.3 Å². The highest BCUT2D eigenvalue weighted by Crippen LogP contribution is 1.95. The van der Waals surface area contributed by atoms with Gasteiger partial charge in [-0.15, -0.1) is 0 Å². The number of nitrogen functional groups attached to an aromatic ring is 1. The van der Waals surface area contributed by atoms with Crippen molar-refractivity contribution in [3.63, 3.8) is 0 Å². The number of hydrogen-bond donors (Lipinski definition) is 1. The maximum atomic E-state index is 5.36. The molecule has 0 bridgehead atoms. The van der Waals surface area contributed by atoms with Crippen LogP contribution in [0.3, 0.4) is 0 Å². The summed E-state index contributed by atoms with van der Waals surface area (Å²) in [6.45, 7) is 4.25. The van der Waals surface area contributed by atoms with Crippen molar-refractivity contribution in [1.29, 1.82) is 0 Å². The molecular weight excluding hydrogens is 154 g/mol. The van der Waals surface area contributed by atoms with Crippen LogP contribution in [0.2, 0.25) is 0 Å². The molecule has 0 aromatic heterocycles. The highest BCUT2D eigenvalue weighted by molar-refractivity contribution is 7.59. The van der Waals surface area contributed by atoms with Gasteiger partial charge in [0.15, 0.2) is 0 Å². The lowest BCUT2D eigenvalue weighted by molar-refractivity contribution is 1.09. The van der Waals surface area contributed by atoms with Crippen LogP contribution in [-0.4, -0.2) is 0 Å². The van der Waals surface area contributed by atoms with Gasteiger partial charge in [-0.05, 0) is 12.1 Å². The van der Waals surface area contributed by atoms with Gasteiger partial charge in [0.05, 0.1) is 0 Å². The number of hydrogen-bond acceptors (Lipinski definition) is 1. The Bertz CT molecular complexity index is 151. The summed E-state index contributed by atoms with van der Waals surface area (Å²) in [5.41, 5.74) is 6.18. The van der Waals surface area contributed by atoms with E-state index in [1.807, 2.05) is 30.3 Å². The van der Waals surface area contributed by atoms with E-state index >= 15 is 0 Å². The summed E-state index contributed by atoms with van der Waals surface area (Å²) in [5, 5.41) is 0. The Balaban J connectivity index is 0. The molecule has 2 heteroatoms. The van der Waals surface area contributed by atoms with E-state index in [9.17, 15) is 0 Å². The fourth-order valence-electron chi connectivity index (χ4n) is 0.453. The molecule has 0 atom stereocenters. The Morgan fingerprint density at radius 1 is 1.09 bits per heavy atom. The summed E-state index contributed by atoms with van der Waals surface area (Å²) in [7, 11) is 0. The summed E-state index contributed by atoms with van der Waals surface area (Å²) in [5.74, 6) is 0. The minimum absolute atomic E-state index is 0. The smallest absolute Gasteiger partial charge is 0.0313 e. The van der Waals surface area contributed by atoms with Crippen molar-refractivity contribution in [2.45, 2.75) is 20.3 Å². The van der Waals surface area contributed by atoms with E-state index in [-0.39, 0.29) is 13.5 Å². The average molecular weight is 171 g/mol. The van der Waals surface area contributed by atoms with Crippen LogP contribution in [0.4, 0.5) is 5.69 Å². The molecule has 1 aromatic rings. The predicted molar refractivity (Wildman–Crippen MR) is 57.2 cm³/mol. The number of para-hydroxylation sites is 1. The first-order valence-electron chi connectivity index (χ1n) is 3.61. The van der Waals surface area contributed by atoms with Crippen molar-refractivity contribution in [1.82, 2.24) is 0 Å². The Labute approximate surface area is 76.1 Å². The molecule has 0 amide bonds. The topological polar surface area (TPSA) is 26.0 Å². The third-order valence-electron chi connectivity index (χ3n) is 0.800. The molecule has 0 saturated carbocycles. The second-order valence-electron chi connectivity index (χ2n) is 2.12. The van der Waals surface area contributed by atoms with Gasteiger partial charge in [0.2, 0.25) is 0 Å². The predicted octanol–water partition coefficient (Wildman–Crippen LogP) is 2.80. The molecule has 0 heterocycles. The van der Waals surface area contributed by atoms with Crippen LogP contribution in [0.25, 0.3) is 0 Å². The van der Waals surface area contributed by atoms with Gasteiger partial charge in [0.25, 0.3) is 0 Å². The largest absolute Gasteiger partial charge is 0.399 e. The second kappa shape index (κ2) is 9.37. The lowest BCUT2D eigenvalue weighted by Crippen LogP contribution is -1.79. The number of nitrogens with two attached hydrogens (primary N) is 1. The molecule has 11 heavy (non-hydrogen) atoms. The van der Waals surface area contributed by atoms with Crippen LogP contribution < -0.4 is 5.73 Å². The van der Waals surface area contributed by atoms with Gasteiger partial charge in [-0.25, -0.2) is 0 Å². The Hall–Kier alpha value is -0.630. The average Bonchev–Trinajstić information content (AvgIpc) is 1.91. The summed E-state index contributed by atoms with van der Waals surface area (Å²) >= 11 is 0. The van der Waals surface area contributed by atoms with Crippen LogP contribution in [-0.2, 0) is 0 Å². The van der Waals surface area contributed by atoms with E-state index in [0.29, 0.717) is 0 Å². The minimum atomic E-state index is 0. The molecule has 0 spiro atoms. The van der Waals surface area contributed by atoms with E-state index in [0.717, 1.165) is 5.69 Å². The summed E-state index contributed by atoms with van der Waals surface area (Å²) in [4.78, 5) is 0. The van der Waals surface area contributed by atoms with E-state index < -0.39 is 0 Å². The lowest BCUT2D eigenvalue weighted by atomic mass is 10.3. The van der Waals surface area contributed by atoms with Crippen LogP contribution in [0, 0.1) is 0 Å². The van der Waals surface area contributed by atoms with Gasteiger partial charge in [0.1, 0.15) is 0 Å². The fraction of sp³-hybridized carbons (Fsp3) is 0.333. The standard InChI is InChI=1S/C6H7N.C3H8.H2S/c7-6-4-2-1-3-5-6;1-3-2;/h1-5H,7H2;3H2,1-2H3;1H2. The zero-order chi connectivity index (χ0) is 7.82. The zero-order valence-electron chi connectivity index (χ0n) is 7.17. The first kappa shape index (κ1) is 13.0. The van der Waals surface area contributed by atoms with Gasteiger partial charge in [-0.3, -0.25) is 0 Å². The molecular formula is C9H17NS. The van der Waals surface area contributed by atoms with Gasteiger partial charge in [0, 0.05) is 5.69 Å². The van der Waals surface area contributed by atoms with Crippen molar-refractivity contribution in [2.24, 2.45) is 0 Å². The summed E-state index contributed by atoms with van der Waals surface area (Å²) in [6, 6.07) is 9.49. The highest BCUT2D eigenvalue weighted by atomic mass is 32.1. The third-order valence-corrected chi connectivity index (χ3v) is 0.800. The number of rotatable bonds is 0. The molecule has 0 unspecified atom stereocenters. The molecule has 2 N–H and O–H groups in total. The van der Waals surface area contributed by atoms with E-state index in [1.54, 1.807) is 0 Å². The fourth-order valence-corrected chi connectivity index (χ4v) is 0.453.